The van der Waals surface area contributed by atoms with Gasteiger partial charge in [0.1, 0.15) is 11.4 Å². The molecule has 0 radical (unpaired) electrons. The van der Waals surface area contributed by atoms with Gasteiger partial charge in [-0.2, -0.15) is 5.21 Å². The summed E-state index contributed by atoms with van der Waals surface area (Å²) < 4.78 is 0. The molecule has 1 aromatic carbocycles. The number of hydrogen-bond donors (Lipinski definition) is 3. The van der Waals surface area contributed by atoms with E-state index in [0.29, 0.717) is 5.69 Å². The van der Waals surface area contributed by atoms with E-state index >= 15 is 0 Å². The van der Waals surface area contributed by atoms with Crippen LogP contribution in [-0.2, 0) is 0 Å². The number of nitrogens with one attached hydrogen (secondary N) is 1. The van der Waals surface area contributed by atoms with Crippen molar-refractivity contribution in [2.75, 3.05) is 5.73 Å². The van der Waals surface area contributed by atoms with E-state index in [1.807, 2.05) is 0 Å². The number of H-pyrrole nitrogens is 1. The average molecular weight is 205 g/mol. The van der Waals surface area contributed by atoms with E-state index in [0.717, 1.165) is 0 Å². The first-order valence-corrected chi connectivity index (χ1v) is 3.99. The van der Waals surface area contributed by atoms with Gasteiger partial charge < -0.3 is 10.8 Å². The molecule has 0 atom stereocenters. The summed E-state index contributed by atoms with van der Waals surface area (Å²) in [6, 6.07) is 4.52. The number of aromatic nitrogens is 4. The first kappa shape index (κ1) is 9.06. The zero-order valence-electron chi connectivity index (χ0n) is 7.49. The Morgan fingerprint density at radius 1 is 1.33 bits per heavy atom. The third-order valence-corrected chi connectivity index (χ3v) is 1.58. The Morgan fingerprint density at radius 2 is 2.20 bits per heavy atom. The van der Waals surface area contributed by atoms with Crippen LogP contribution in [0.3, 0.4) is 0 Å². The third-order valence-electron chi connectivity index (χ3n) is 1.58. The molecule has 1 aromatic heterocycles. The fraction of sp³-hybridized carbons (Fsp3) is 0. The monoisotopic (exact) mass is 205 g/mol. The second-order valence-electron chi connectivity index (χ2n) is 2.66. The van der Waals surface area contributed by atoms with E-state index in [9.17, 15) is 5.11 Å². The largest absolute Gasteiger partial charge is 0.506 e. The Bertz CT molecular complexity index is 478. The van der Waals surface area contributed by atoms with Gasteiger partial charge in [0, 0.05) is 11.8 Å². The van der Waals surface area contributed by atoms with Crippen molar-refractivity contribution < 1.29 is 5.11 Å². The molecule has 8 nitrogen and oxygen atoms in total. The van der Waals surface area contributed by atoms with Crippen LogP contribution in [0.25, 0.3) is 0 Å². The van der Waals surface area contributed by atoms with Crippen LogP contribution in [0.5, 0.6) is 5.75 Å². The molecule has 0 aliphatic rings. The maximum Gasteiger partial charge on any atom is 0.307 e. The van der Waals surface area contributed by atoms with Crippen LogP contribution in [0.1, 0.15) is 0 Å². The number of aromatic hydroxyl groups is 1. The topological polar surface area (TPSA) is 125 Å². The number of tetrazole rings is 1. The van der Waals surface area contributed by atoms with Crippen molar-refractivity contribution in [3.63, 3.8) is 0 Å². The molecule has 0 bridgehead atoms. The van der Waals surface area contributed by atoms with Crippen LogP contribution in [-0.4, -0.2) is 25.7 Å². The summed E-state index contributed by atoms with van der Waals surface area (Å²) in [6.07, 6.45) is 0. The second kappa shape index (κ2) is 3.70. The standard InChI is InChI=1S/C7H7N7O/c8-4-1-2-5(6(15)3-4)9-10-7-11-13-14-12-7/h1-3,15H,8H2,(H,11,12,13,14). The van der Waals surface area contributed by atoms with Crippen LogP contribution < -0.4 is 5.73 Å². The molecule has 0 amide bonds. The van der Waals surface area contributed by atoms with Gasteiger partial charge in [0.2, 0.25) is 0 Å². The van der Waals surface area contributed by atoms with Gasteiger partial charge in [0.15, 0.2) is 0 Å². The summed E-state index contributed by atoms with van der Waals surface area (Å²) in [5.41, 5.74) is 6.18. The number of anilines is 1. The maximum absolute atomic E-state index is 9.42. The summed E-state index contributed by atoms with van der Waals surface area (Å²) in [4.78, 5) is 0. The van der Waals surface area contributed by atoms with Crippen LogP contribution in [0, 0.1) is 0 Å². The molecule has 0 fully saturated rings. The maximum atomic E-state index is 9.42. The van der Waals surface area contributed by atoms with Crippen molar-refractivity contribution in [3.8, 4) is 5.75 Å². The molecule has 1 heterocycles. The highest BCUT2D eigenvalue weighted by Crippen LogP contribution is 2.28. The van der Waals surface area contributed by atoms with Gasteiger partial charge in [-0.05, 0) is 17.3 Å². The fourth-order valence-corrected chi connectivity index (χ4v) is 0.922. The molecule has 0 aliphatic carbocycles. The Labute approximate surface area is 83.8 Å². The van der Waals surface area contributed by atoms with Crippen molar-refractivity contribution >= 4 is 17.3 Å². The number of benzene rings is 1. The van der Waals surface area contributed by atoms with Gasteiger partial charge in [-0.1, -0.05) is 5.10 Å². The quantitative estimate of drug-likeness (QED) is 0.496. The SMILES string of the molecule is Nc1ccc(N=Nc2nn[nH]n2)c(O)c1. The fourth-order valence-electron chi connectivity index (χ4n) is 0.922. The van der Waals surface area contributed by atoms with Crippen molar-refractivity contribution in [2.45, 2.75) is 0 Å². The van der Waals surface area contributed by atoms with Gasteiger partial charge >= 0.3 is 5.95 Å². The molecule has 0 spiro atoms. The predicted molar refractivity (Wildman–Crippen MR) is 50.9 cm³/mol. The number of nitrogens with zero attached hydrogens (tertiary/aromatic N) is 5. The minimum absolute atomic E-state index is 0.0535. The first-order chi connectivity index (χ1) is 7.25. The molecule has 0 unspecified atom stereocenters. The van der Waals surface area contributed by atoms with Gasteiger partial charge in [0.25, 0.3) is 0 Å². The second-order valence-corrected chi connectivity index (χ2v) is 2.66. The zero-order valence-corrected chi connectivity index (χ0v) is 7.49. The van der Waals surface area contributed by atoms with E-state index in [2.05, 4.69) is 30.9 Å². The summed E-state index contributed by atoms with van der Waals surface area (Å²) in [5.74, 6) is 0.0356. The molecule has 2 aromatic rings. The first-order valence-electron chi connectivity index (χ1n) is 3.99. The summed E-state index contributed by atoms with van der Waals surface area (Å²) in [7, 11) is 0. The van der Waals surface area contributed by atoms with E-state index in [4.69, 9.17) is 5.73 Å². The van der Waals surface area contributed by atoms with Crippen LogP contribution >= 0.6 is 0 Å². The van der Waals surface area contributed by atoms with Crippen molar-refractivity contribution in [1.29, 1.82) is 0 Å². The normalized spacial score (nSPS) is 10.9. The molecule has 0 aliphatic heterocycles. The van der Waals surface area contributed by atoms with E-state index in [1.54, 1.807) is 6.07 Å². The Morgan fingerprint density at radius 3 is 2.87 bits per heavy atom. The average Bonchev–Trinajstić information content (AvgIpc) is 2.69. The molecule has 0 saturated heterocycles. The van der Waals surface area contributed by atoms with Crippen molar-refractivity contribution in [3.05, 3.63) is 18.2 Å². The minimum Gasteiger partial charge on any atom is -0.506 e. The van der Waals surface area contributed by atoms with Gasteiger partial charge in [-0.15, -0.1) is 15.3 Å². The van der Waals surface area contributed by atoms with Gasteiger partial charge in [0.05, 0.1) is 0 Å². The van der Waals surface area contributed by atoms with Crippen LogP contribution in [0.2, 0.25) is 0 Å². The summed E-state index contributed by atoms with van der Waals surface area (Å²) >= 11 is 0. The lowest BCUT2D eigenvalue weighted by molar-refractivity contribution is 0.476. The number of nitrogens with two attached hydrogens (primary N) is 1. The summed E-state index contributed by atoms with van der Waals surface area (Å²) in [6.45, 7) is 0. The van der Waals surface area contributed by atoms with Crippen molar-refractivity contribution in [1.82, 2.24) is 20.6 Å². The number of phenols is 1. The third kappa shape index (κ3) is 2.05. The Balaban J connectivity index is 2.24. The lowest BCUT2D eigenvalue weighted by atomic mass is 10.3. The molecule has 15 heavy (non-hydrogen) atoms. The molecular formula is C7H7N7O. The van der Waals surface area contributed by atoms with E-state index in [-0.39, 0.29) is 17.4 Å². The highest BCUT2D eigenvalue weighted by Gasteiger charge is 2.00. The van der Waals surface area contributed by atoms with E-state index < -0.39 is 0 Å². The molecule has 76 valence electrons. The van der Waals surface area contributed by atoms with Gasteiger partial charge in [-0.3, -0.25) is 0 Å². The van der Waals surface area contributed by atoms with Crippen LogP contribution in [0.4, 0.5) is 17.3 Å². The predicted octanol–water partition coefficient (Wildman–Crippen LogP) is 0.903. The Kier molecular flexibility index (Phi) is 2.23. The molecule has 0 saturated carbocycles. The Hall–Kier alpha value is -2.51. The van der Waals surface area contributed by atoms with Crippen LogP contribution in [0.15, 0.2) is 28.4 Å². The highest BCUT2D eigenvalue weighted by atomic mass is 16.3. The number of azo groups is 1. The number of rotatable bonds is 2. The lowest BCUT2D eigenvalue weighted by Gasteiger charge is -1.97. The number of phenolic OH excluding ortho intramolecular Hbond substituents is 1. The molecular weight excluding hydrogens is 198 g/mol. The number of nitrogen functional groups attached to an aromatic ring is 1. The van der Waals surface area contributed by atoms with Gasteiger partial charge in [-0.25, -0.2) is 0 Å². The highest BCUT2D eigenvalue weighted by molar-refractivity contribution is 5.58. The number of hydrogen-bond acceptors (Lipinski definition) is 7. The molecule has 8 heteroatoms. The smallest absolute Gasteiger partial charge is 0.307 e. The molecule has 2 rings (SSSR count). The lowest BCUT2D eigenvalue weighted by Crippen LogP contribution is -1.82. The summed E-state index contributed by atoms with van der Waals surface area (Å²) in [5, 5.41) is 29.4. The zero-order chi connectivity index (χ0) is 10.7. The minimum atomic E-state index is -0.0535. The van der Waals surface area contributed by atoms with Crippen molar-refractivity contribution in [2.24, 2.45) is 10.2 Å². The number of aromatic amines is 1. The van der Waals surface area contributed by atoms with E-state index in [1.165, 1.54) is 12.1 Å². The molecule has 4 N–H and O–H groups in total.